The average Bonchev–Trinajstić information content (AvgIpc) is 2.20. The molecule has 78 valence electrons. The molecule has 0 aliphatic heterocycles. The highest BCUT2D eigenvalue weighted by Crippen LogP contribution is 2.19. The molecule has 1 aromatic rings. The highest BCUT2D eigenvalue weighted by molar-refractivity contribution is 5.33. The molecule has 4 heteroatoms. The van der Waals surface area contributed by atoms with Crippen LogP contribution in [0.5, 0.6) is 0 Å². The molecule has 0 aliphatic carbocycles. The molecule has 0 aromatic carbocycles. The second kappa shape index (κ2) is 4.91. The van der Waals surface area contributed by atoms with Gasteiger partial charge in [-0.1, -0.05) is 6.92 Å². The Kier molecular flexibility index (Phi) is 3.83. The Labute approximate surface area is 84.4 Å². The third-order valence-electron chi connectivity index (χ3n) is 2.44. The summed E-state index contributed by atoms with van der Waals surface area (Å²) in [6, 6.07) is 0. The molecule has 0 amide bonds. The second-order valence-electron chi connectivity index (χ2n) is 3.60. The van der Waals surface area contributed by atoms with E-state index in [-0.39, 0.29) is 12.1 Å². The highest BCUT2D eigenvalue weighted by Gasteiger charge is 2.21. The Morgan fingerprint density at radius 1 is 1.50 bits per heavy atom. The first-order chi connectivity index (χ1) is 6.70. The van der Waals surface area contributed by atoms with Crippen LogP contribution in [0.15, 0.2) is 18.6 Å². The third-order valence-corrected chi connectivity index (χ3v) is 2.44. The fraction of sp³-hybridized carbons (Fsp3) is 0.600. The summed E-state index contributed by atoms with van der Waals surface area (Å²) in [5.41, 5.74) is -0.106. The molecule has 0 radical (unpaired) electrons. The van der Waals surface area contributed by atoms with Gasteiger partial charge in [0.2, 0.25) is 0 Å². The summed E-state index contributed by atoms with van der Waals surface area (Å²) < 4.78 is 0. The van der Waals surface area contributed by atoms with Gasteiger partial charge in [-0.05, 0) is 19.8 Å². The number of hydrogen-bond acceptors (Lipinski definition) is 4. The van der Waals surface area contributed by atoms with Crippen molar-refractivity contribution in [3.05, 3.63) is 18.6 Å². The lowest BCUT2D eigenvalue weighted by molar-refractivity contribution is 0.252. The van der Waals surface area contributed by atoms with Crippen molar-refractivity contribution in [2.24, 2.45) is 0 Å². The van der Waals surface area contributed by atoms with Gasteiger partial charge in [-0.25, -0.2) is 4.98 Å². The van der Waals surface area contributed by atoms with Gasteiger partial charge in [0.15, 0.2) is 0 Å². The fourth-order valence-electron chi connectivity index (χ4n) is 1.25. The first-order valence-corrected chi connectivity index (χ1v) is 4.85. The number of anilines is 1. The normalized spacial score (nSPS) is 14.8. The van der Waals surface area contributed by atoms with E-state index in [1.54, 1.807) is 18.6 Å². The molecule has 0 saturated carbocycles. The standard InChI is InChI=1S/C10H17N3O/c1-3-10(2,4-7-14)13-9-8-11-5-6-12-9/h5-6,8,14H,3-4,7H2,1-2H3,(H,12,13). The van der Waals surface area contributed by atoms with Gasteiger partial charge >= 0.3 is 0 Å². The van der Waals surface area contributed by atoms with Crippen LogP contribution in [0.3, 0.4) is 0 Å². The van der Waals surface area contributed by atoms with Crippen LogP contribution in [-0.4, -0.2) is 27.2 Å². The lowest BCUT2D eigenvalue weighted by Gasteiger charge is -2.29. The van der Waals surface area contributed by atoms with Gasteiger partial charge in [-0.2, -0.15) is 0 Å². The third kappa shape index (κ3) is 2.96. The van der Waals surface area contributed by atoms with E-state index in [0.29, 0.717) is 6.42 Å². The monoisotopic (exact) mass is 195 g/mol. The maximum absolute atomic E-state index is 8.93. The molecule has 0 fully saturated rings. The minimum absolute atomic E-state index is 0.106. The van der Waals surface area contributed by atoms with Crippen LogP contribution in [-0.2, 0) is 0 Å². The van der Waals surface area contributed by atoms with E-state index in [4.69, 9.17) is 5.11 Å². The predicted molar refractivity (Wildman–Crippen MR) is 56.1 cm³/mol. The van der Waals surface area contributed by atoms with E-state index >= 15 is 0 Å². The summed E-state index contributed by atoms with van der Waals surface area (Å²) in [6.45, 7) is 4.33. The second-order valence-corrected chi connectivity index (χ2v) is 3.60. The lowest BCUT2D eigenvalue weighted by atomic mass is 9.95. The summed E-state index contributed by atoms with van der Waals surface area (Å²) in [5, 5.41) is 12.2. The smallest absolute Gasteiger partial charge is 0.144 e. The van der Waals surface area contributed by atoms with E-state index in [9.17, 15) is 0 Å². The van der Waals surface area contributed by atoms with Crippen LogP contribution in [0.2, 0.25) is 0 Å². The molecular weight excluding hydrogens is 178 g/mol. The van der Waals surface area contributed by atoms with Crippen LogP contribution < -0.4 is 5.32 Å². The molecule has 0 aliphatic rings. The number of nitrogens with zero attached hydrogens (tertiary/aromatic N) is 2. The van der Waals surface area contributed by atoms with Crippen LogP contribution in [0.4, 0.5) is 5.82 Å². The Hall–Kier alpha value is -1.16. The minimum Gasteiger partial charge on any atom is -0.396 e. The quantitative estimate of drug-likeness (QED) is 0.746. The Morgan fingerprint density at radius 3 is 2.79 bits per heavy atom. The molecule has 1 unspecified atom stereocenters. The Balaban J connectivity index is 2.65. The zero-order chi connectivity index (χ0) is 10.4. The summed E-state index contributed by atoms with van der Waals surface area (Å²) >= 11 is 0. The Morgan fingerprint density at radius 2 is 2.29 bits per heavy atom. The van der Waals surface area contributed by atoms with Crippen molar-refractivity contribution in [2.45, 2.75) is 32.2 Å². The maximum atomic E-state index is 8.93. The van der Waals surface area contributed by atoms with E-state index in [1.165, 1.54) is 0 Å². The van der Waals surface area contributed by atoms with Crippen LogP contribution in [0.25, 0.3) is 0 Å². The molecular formula is C10H17N3O. The maximum Gasteiger partial charge on any atom is 0.144 e. The van der Waals surface area contributed by atoms with Crippen molar-refractivity contribution in [2.75, 3.05) is 11.9 Å². The summed E-state index contributed by atoms with van der Waals surface area (Å²) in [7, 11) is 0. The van der Waals surface area contributed by atoms with E-state index < -0.39 is 0 Å². The van der Waals surface area contributed by atoms with Crippen LogP contribution in [0.1, 0.15) is 26.7 Å². The minimum atomic E-state index is -0.106. The van der Waals surface area contributed by atoms with Gasteiger partial charge in [0.05, 0.1) is 6.20 Å². The topological polar surface area (TPSA) is 58.0 Å². The fourth-order valence-corrected chi connectivity index (χ4v) is 1.25. The Bertz CT molecular complexity index is 265. The molecule has 1 rings (SSSR count). The van der Waals surface area contributed by atoms with Gasteiger partial charge in [-0.15, -0.1) is 0 Å². The van der Waals surface area contributed by atoms with Gasteiger partial charge in [-0.3, -0.25) is 4.98 Å². The first kappa shape index (κ1) is 10.9. The number of hydrogen-bond donors (Lipinski definition) is 2. The summed E-state index contributed by atoms with van der Waals surface area (Å²) in [4.78, 5) is 8.11. The largest absolute Gasteiger partial charge is 0.396 e. The van der Waals surface area contributed by atoms with E-state index in [1.807, 2.05) is 0 Å². The molecule has 2 N–H and O–H groups in total. The van der Waals surface area contributed by atoms with Crippen molar-refractivity contribution in [3.8, 4) is 0 Å². The lowest BCUT2D eigenvalue weighted by Crippen LogP contribution is -2.35. The average molecular weight is 195 g/mol. The summed E-state index contributed by atoms with van der Waals surface area (Å²) in [6.07, 6.45) is 6.62. The molecule has 4 nitrogen and oxygen atoms in total. The number of aliphatic hydroxyl groups excluding tert-OH is 1. The van der Waals surface area contributed by atoms with E-state index in [0.717, 1.165) is 12.2 Å². The SMILES string of the molecule is CCC(C)(CCO)Nc1cnccn1. The van der Waals surface area contributed by atoms with Crippen molar-refractivity contribution >= 4 is 5.82 Å². The number of aromatic nitrogens is 2. The van der Waals surface area contributed by atoms with Crippen LogP contribution >= 0.6 is 0 Å². The van der Waals surface area contributed by atoms with Crippen molar-refractivity contribution in [1.82, 2.24) is 9.97 Å². The number of nitrogens with one attached hydrogen (secondary N) is 1. The number of rotatable bonds is 5. The molecule has 1 atom stereocenters. The van der Waals surface area contributed by atoms with Gasteiger partial charge < -0.3 is 10.4 Å². The molecule has 0 spiro atoms. The molecule has 1 heterocycles. The molecule has 1 aromatic heterocycles. The summed E-state index contributed by atoms with van der Waals surface area (Å²) in [5.74, 6) is 0.755. The van der Waals surface area contributed by atoms with Crippen molar-refractivity contribution in [1.29, 1.82) is 0 Å². The zero-order valence-corrected chi connectivity index (χ0v) is 8.70. The highest BCUT2D eigenvalue weighted by atomic mass is 16.3. The first-order valence-electron chi connectivity index (χ1n) is 4.85. The zero-order valence-electron chi connectivity index (χ0n) is 8.70. The van der Waals surface area contributed by atoms with Crippen molar-refractivity contribution < 1.29 is 5.11 Å². The van der Waals surface area contributed by atoms with Gasteiger partial charge in [0, 0.05) is 24.5 Å². The van der Waals surface area contributed by atoms with E-state index in [2.05, 4.69) is 29.1 Å². The molecule has 0 saturated heterocycles. The number of aliphatic hydroxyl groups is 1. The predicted octanol–water partition coefficient (Wildman–Crippen LogP) is 1.44. The molecule has 0 bridgehead atoms. The molecule has 14 heavy (non-hydrogen) atoms. The van der Waals surface area contributed by atoms with Crippen molar-refractivity contribution in [3.63, 3.8) is 0 Å². The van der Waals surface area contributed by atoms with Crippen LogP contribution in [0, 0.1) is 0 Å². The van der Waals surface area contributed by atoms with Gasteiger partial charge in [0.25, 0.3) is 0 Å². The van der Waals surface area contributed by atoms with Gasteiger partial charge in [0.1, 0.15) is 5.82 Å².